The summed E-state index contributed by atoms with van der Waals surface area (Å²) in [6.07, 6.45) is 1.63. The Morgan fingerprint density at radius 3 is 2.29 bits per heavy atom. The fraction of sp³-hybridized carbons (Fsp3) is 0.355. The highest BCUT2D eigenvalue weighted by molar-refractivity contribution is 7.92. The van der Waals surface area contributed by atoms with Crippen LogP contribution in [0.15, 0.2) is 77.7 Å². The number of amides is 2. The Bertz CT molecular complexity index is 1430. The second kappa shape index (κ2) is 14.6. The average Bonchev–Trinajstić information content (AvgIpc) is 2.96. The molecule has 0 aromatic heterocycles. The predicted molar refractivity (Wildman–Crippen MR) is 158 cm³/mol. The molecule has 0 aliphatic rings. The molecule has 0 radical (unpaired) electrons. The summed E-state index contributed by atoms with van der Waals surface area (Å²) in [5.41, 5.74) is 1.26. The standard InChI is InChI=1S/C31H38FN3O5S/c1-5-7-20-33-31(37)24(4)34(21-25-12-8-9-13-27(25)32)30(36)22-35(28-14-10-11-15-29(28)40-6-2)41(38,39)26-18-16-23(3)17-19-26/h8-19,24H,5-7,20-22H2,1-4H3,(H,33,37)/t24-/m0/s1. The van der Waals surface area contributed by atoms with Crippen LogP contribution in [0.3, 0.4) is 0 Å². The number of carbonyl (C=O) groups excluding carboxylic acids is 2. The molecule has 8 nitrogen and oxygen atoms in total. The Morgan fingerprint density at radius 2 is 1.63 bits per heavy atom. The van der Waals surface area contributed by atoms with Crippen molar-refractivity contribution in [3.63, 3.8) is 0 Å². The molecule has 3 aromatic carbocycles. The molecular weight excluding hydrogens is 545 g/mol. The normalized spacial score (nSPS) is 11.9. The number of hydrogen-bond acceptors (Lipinski definition) is 5. The van der Waals surface area contributed by atoms with Gasteiger partial charge in [0.15, 0.2) is 0 Å². The molecule has 1 atom stereocenters. The first-order valence-corrected chi connectivity index (χ1v) is 15.2. The molecular formula is C31H38FN3O5S. The van der Waals surface area contributed by atoms with Crippen molar-refractivity contribution in [2.45, 2.75) is 58.0 Å². The van der Waals surface area contributed by atoms with Crippen LogP contribution in [0.2, 0.25) is 0 Å². The number of rotatable bonds is 14. The summed E-state index contributed by atoms with van der Waals surface area (Å²) in [5.74, 6) is -1.33. The molecule has 0 spiro atoms. The molecule has 0 fully saturated rings. The van der Waals surface area contributed by atoms with Gasteiger partial charge in [-0.15, -0.1) is 0 Å². The first kappa shape index (κ1) is 31.6. The third kappa shape index (κ3) is 8.07. The Kier molecular flexibility index (Phi) is 11.3. The lowest BCUT2D eigenvalue weighted by atomic mass is 10.1. The minimum absolute atomic E-state index is 0.00628. The first-order valence-electron chi connectivity index (χ1n) is 13.7. The highest BCUT2D eigenvalue weighted by atomic mass is 32.2. The maximum Gasteiger partial charge on any atom is 0.264 e. The summed E-state index contributed by atoms with van der Waals surface area (Å²) in [5, 5.41) is 2.81. The van der Waals surface area contributed by atoms with E-state index in [0.717, 1.165) is 22.7 Å². The molecule has 10 heteroatoms. The van der Waals surface area contributed by atoms with Crippen molar-refractivity contribution in [1.29, 1.82) is 0 Å². The fourth-order valence-electron chi connectivity index (χ4n) is 4.22. The predicted octanol–water partition coefficient (Wildman–Crippen LogP) is 5.06. The van der Waals surface area contributed by atoms with Gasteiger partial charge >= 0.3 is 0 Å². The van der Waals surface area contributed by atoms with Gasteiger partial charge in [-0.05, 0) is 57.5 Å². The van der Waals surface area contributed by atoms with Crippen LogP contribution in [-0.2, 0) is 26.2 Å². The summed E-state index contributed by atoms with van der Waals surface area (Å²) in [7, 11) is -4.25. The van der Waals surface area contributed by atoms with E-state index in [0.29, 0.717) is 6.54 Å². The number of nitrogens with one attached hydrogen (secondary N) is 1. The van der Waals surface area contributed by atoms with Crippen molar-refractivity contribution in [2.24, 2.45) is 0 Å². The second-order valence-electron chi connectivity index (χ2n) is 9.66. The van der Waals surface area contributed by atoms with Gasteiger partial charge in [0.25, 0.3) is 10.0 Å². The number of aryl methyl sites for hydroxylation is 1. The van der Waals surface area contributed by atoms with E-state index in [9.17, 15) is 22.4 Å². The number of hydrogen-bond donors (Lipinski definition) is 1. The average molecular weight is 584 g/mol. The van der Waals surface area contributed by atoms with Gasteiger partial charge in [-0.2, -0.15) is 0 Å². The number of carbonyl (C=O) groups is 2. The number of benzene rings is 3. The molecule has 0 bridgehead atoms. The van der Waals surface area contributed by atoms with Gasteiger partial charge in [0.1, 0.15) is 24.2 Å². The van der Waals surface area contributed by atoms with Crippen LogP contribution >= 0.6 is 0 Å². The summed E-state index contributed by atoms with van der Waals surface area (Å²) in [6, 6.07) is 17.8. The molecule has 0 unspecified atom stereocenters. The molecule has 0 saturated carbocycles. The van der Waals surface area contributed by atoms with Gasteiger partial charge in [-0.25, -0.2) is 12.8 Å². The summed E-state index contributed by atoms with van der Waals surface area (Å²) < 4.78 is 49.4. The summed E-state index contributed by atoms with van der Waals surface area (Å²) in [4.78, 5) is 28.2. The Morgan fingerprint density at radius 1 is 0.976 bits per heavy atom. The Balaban J connectivity index is 2.06. The van der Waals surface area contributed by atoms with Crippen LogP contribution in [0, 0.1) is 12.7 Å². The number of nitrogens with zero attached hydrogens (tertiary/aromatic N) is 2. The zero-order valence-electron chi connectivity index (χ0n) is 24.0. The number of ether oxygens (including phenoxy) is 1. The maximum absolute atomic E-state index is 14.7. The molecule has 1 N–H and O–H groups in total. The van der Waals surface area contributed by atoms with Gasteiger partial charge in [0.2, 0.25) is 11.8 Å². The van der Waals surface area contributed by atoms with E-state index in [2.05, 4.69) is 5.32 Å². The number of para-hydroxylation sites is 2. The number of halogens is 1. The SMILES string of the molecule is CCCCNC(=O)[C@H](C)N(Cc1ccccc1F)C(=O)CN(c1ccccc1OCC)S(=O)(=O)c1ccc(C)cc1. The molecule has 2 amide bonds. The van der Waals surface area contributed by atoms with Gasteiger partial charge in [0, 0.05) is 18.7 Å². The van der Waals surface area contributed by atoms with Gasteiger partial charge in [-0.3, -0.25) is 13.9 Å². The second-order valence-corrected chi connectivity index (χ2v) is 11.5. The van der Waals surface area contributed by atoms with Gasteiger partial charge in [-0.1, -0.05) is 61.4 Å². The summed E-state index contributed by atoms with van der Waals surface area (Å²) >= 11 is 0. The van der Waals surface area contributed by atoms with Crippen molar-refractivity contribution < 1.29 is 27.1 Å². The lowest BCUT2D eigenvalue weighted by Gasteiger charge is -2.32. The maximum atomic E-state index is 14.7. The monoisotopic (exact) mass is 583 g/mol. The lowest BCUT2D eigenvalue weighted by molar-refractivity contribution is -0.139. The van der Waals surface area contributed by atoms with Crippen molar-refractivity contribution in [2.75, 3.05) is 24.0 Å². The van der Waals surface area contributed by atoms with Crippen LogP contribution < -0.4 is 14.4 Å². The van der Waals surface area contributed by atoms with Crippen LogP contribution in [-0.4, -0.2) is 50.9 Å². The zero-order valence-corrected chi connectivity index (χ0v) is 24.8. The number of anilines is 1. The smallest absolute Gasteiger partial charge is 0.264 e. The minimum atomic E-state index is -4.25. The van der Waals surface area contributed by atoms with Crippen molar-refractivity contribution >= 4 is 27.5 Å². The topological polar surface area (TPSA) is 96.0 Å². The highest BCUT2D eigenvalue weighted by Gasteiger charge is 2.34. The lowest BCUT2D eigenvalue weighted by Crippen LogP contribution is -2.51. The first-order chi connectivity index (χ1) is 19.6. The third-order valence-electron chi connectivity index (χ3n) is 6.62. The molecule has 220 valence electrons. The van der Waals surface area contributed by atoms with E-state index in [1.165, 1.54) is 35.2 Å². The highest BCUT2D eigenvalue weighted by Crippen LogP contribution is 2.33. The Labute approximate surface area is 242 Å². The van der Waals surface area contributed by atoms with E-state index in [1.807, 2.05) is 13.8 Å². The van der Waals surface area contributed by atoms with Crippen LogP contribution in [0.25, 0.3) is 0 Å². The molecule has 0 aliphatic heterocycles. The van der Waals surface area contributed by atoms with E-state index < -0.39 is 40.2 Å². The molecule has 0 saturated heterocycles. The van der Waals surface area contributed by atoms with Crippen molar-refractivity contribution in [3.8, 4) is 5.75 Å². The molecule has 3 aromatic rings. The molecule has 41 heavy (non-hydrogen) atoms. The molecule has 3 rings (SSSR count). The largest absolute Gasteiger partial charge is 0.492 e. The summed E-state index contributed by atoms with van der Waals surface area (Å²) in [6.45, 7) is 7.00. The minimum Gasteiger partial charge on any atom is -0.492 e. The van der Waals surface area contributed by atoms with E-state index >= 15 is 0 Å². The molecule has 0 heterocycles. The van der Waals surface area contributed by atoms with E-state index in [4.69, 9.17) is 4.74 Å². The van der Waals surface area contributed by atoms with Crippen LogP contribution in [0.1, 0.15) is 44.7 Å². The van der Waals surface area contributed by atoms with Crippen molar-refractivity contribution in [3.05, 3.63) is 89.7 Å². The van der Waals surface area contributed by atoms with Crippen LogP contribution in [0.5, 0.6) is 5.75 Å². The number of unbranched alkanes of at least 4 members (excludes halogenated alkanes) is 1. The van der Waals surface area contributed by atoms with E-state index in [1.54, 1.807) is 56.3 Å². The Hall–Kier alpha value is -3.92. The quantitative estimate of drug-likeness (QED) is 0.268. The molecule has 0 aliphatic carbocycles. The third-order valence-corrected chi connectivity index (χ3v) is 8.39. The fourth-order valence-corrected chi connectivity index (χ4v) is 5.65. The zero-order chi connectivity index (χ0) is 30.0. The van der Waals surface area contributed by atoms with Gasteiger partial charge < -0.3 is 15.0 Å². The van der Waals surface area contributed by atoms with Crippen molar-refractivity contribution in [1.82, 2.24) is 10.2 Å². The van der Waals surface area contributed by atoms with Crippen LogP contribution in [0.4, 0.5) is 10.1 Å². The van der Waals surface area contributed by atoms with E-state index in [-0.39, 0.29) is 35.0 Å². The van der Waals surface area contributed by atoms with Gasteiger partial charge in [0.05, 0.1) is 17.2 Å². The number of sulfonamides is 1.